The predicted molar refractivity (Wildman–Crippen MR) is 63.9 cm³/mol. The molecule has 0 radical (unpaired) electrons. The summed E-state index contributed by atoms with van der Waals surface area (Å²) in [6.45, 7) is 5.71. The van der Waals surface area contributed by atoms with Crippen molar-refractivity contribution in [3.8, 4) is 5.75 Å². The van der Waals surface area contributed by atoms with Gasteiger partial charge in [-0.2, -0.15) is 0 Å². The molecule has 1 aromatic carbocycles. The number of aliphatic hydroxyl groups excluding tert-OH is 1. The Labute approximate surface area is 99.1 Å². The van der Waals surface area contributed by atoms with E-state index in [1.165, 1.54) is 0 Å². The number of halogens is 2. The Hall–Kier alpha value is -0.700. The van der Waals surface area contributed by atoms with Crippen molar-refractivity contribution in [3.05, 3.63) is 33.8 Å². The van der Waals surface area contributed by atoms with Gasteiger partial charge in [0.25, 0.3) is 0 Å². The minimum atomic E-state index is -0.0458. The zero-order chi connectivity index (χ0) is 11.4. The maximum atomic E-state index is 8.67. The second kappa shape index (κ2) is 5.40. The predicted octanol–water partition coefficient (Wildman–Crippen LogP) is 3.32. The third kappa shape index (κ3) is 2.65. The van der Waals surface area contributed by atoms with Crippen molar-refractivity contribution >= 4 is 29.3 Å². The van der Waals surface area contributed by atoms with Crippen LogP contribution in [0.3, 0.4) is 0 Å². The van der Waals surface area contributed by atoms with Crippen molar-refractivity contribution < 1.29 is 9.84 Å². The van der Waals surface area contributed by atoms with Crippen LogP contribution in [-0.2, 0) is 0 Å². The van der Waals surface area contributed by atoms with E-state index < -0.39 is 0 Å². The van der Waals surface area contributed by atoms with Crippen LogP contribution in [0.1, 0.15) is 11.1 Å². The first-order chi connectivity index (χ1) is 7.11. The Bertz CT molecular complexity index is 375. The van der Waals surface area contributed by atoms with Gasteiger partial charge in [0.1, 0.15) is 12.4 Å². The zero-order valence-electron chi connectivity index (χ0n) is 8.39. The fourth-order valence-electron chi connectivity index (χ4n) is 1.27. The number of rotatable bonds is 4. The summed E-state index contributed by atoms with van der Waals surface area (Å²) < 4.78 is 5.33. The topological polar surface area (TPSA) is 29.5 Å². The maximum Gasteiger partial charge on any atom is 0.128 e. The van der Waals surface area contributed by atoms with Crippen LogP contribution < -0.4 is 4.74 Å². The molecule has 0 bridgehead atoms. The van der Waals surface area contributed by atoms with Crippen molar-refractivity contribution in [1.82, 2.24) is 0 Å². The van der Waals surface area contributed by atoms with Crippen LogP contribution in [0.4, 0.5) is 0 Å². The van der Waals surface area contributed by atoms with E-state index in [4.69, 9.17) is 33.0 Å². The lowest BCUT2D eigenvalue weighted by Crippen LogP contribution is -2.03. The van der Waals surface area contributed by atoms with Crippen LogP contribution in [0.15, 0.2) is 12.6 Å². The second-order valence-electron chi connectivity index (χ2n) is 2.99. The first kappa shape index (κ1) is 12.4. The van der Waals surface area contributed by atoms with Gasteiger partial charge in [0.2, 0.25) is 0 Å². The summed E-state index contributed by atoms with van der Waals surface area (Å²) >= 11 is 11.9. The van der Waals surface area contributed by atoms with Crippen molar-refractivity contribution in [2.45, 2.75) is 6.92 Å². The van der Waals surface area contributed by atoms with E-state index >= 15 is 0 Å². The van der Waals surface area contributed by atoms with Crippen LogP contribution in [0, 0.1) is 6.92 Å². The standard InChI is InChI=1S/C11H12Cl2O2/c1-3-8-7(2)11(13)9(12)6-10(8)15-5-4-14/h3,6,14H,1,4-5H2,2H3. The smallest absolute Gasteiger partial charge is 0.128 e. The van der Waals surface area contributed by atoms with E-state index in [1.54, 1.807) is 12.1 Å². The van der Waals surface area contributed by atoms with E-state index in [0.717, 1.165) is 11.1 Å². The highest BCUT2D eigenvalue weighted by molar-refractivity contribution is 6.42. The molecule has 15 heavy (non-hydrogen) atoms. The Morgan fingerprint density at radius 3 is 2.73 bits per heavy atom. The van der Waals surface area contributed by atoms with Gasteiger partial charge in [-0.1, -0.05) is 35.9 Å². The third-order valence-corrected chi connectivity index (χ3v) is 2.90. The Morgan fingerprint density at radius 2 is 2.20 bits per heavy atom. The van der Waals surface area contributed by atoms with Crippen LogP contribution in [0.25, 0.3) is 6.08 Å². The van der Waals surface area contributed by atoms with Gasteiger partial charge in [0, 0.05) is 11.6 Å². The molecule has 0 unspecified atom stereocenters. The fraction of sp³-hybridized carbons (Fsp3) is 0.273. The molecule has 82 valence electrons. The molecular formula is C11H12Cl2O2. The van der Waals surface area contributed by atoms with E-state index in [1.807, 2.05) is 6.92 Å². The molecular weight excluding hydrogens is 235 g/mol. The Morgan fingerprint density at radius 1 is 1.53 bits per heavy atom. The van der Waals surface area contributed by atoms with Gasteiger partial charge in [-0.3, -0.25) is 0 Å². The monoisotopic (exact) mass is 246 g/mol. The molecule has 0 aliphatic rings. The van der Waals surface area contributed by atoms with E-state index in [0.29, 0.717) is 15.8 Å². The minimum Gasteiger partial charge on any atom is -0.491 e. The molecule has 0 saturated carbocycles. The number of hydrogen-bond acceptors (Lipinski definition) is 2. The van der Waals surface area contributed by atoms with Gasteiger partial charge in [-0.05, 0) is 12.5 Å². The summed E-state index contributed by atoms with van der Waals surface area (Å²) in [5, 5.41) is 9.61. The van der Waals surface area contributed by atoms with E-state index in [9.17, 15) is 0 Å². The molecule has 0 saturated heterocycles. The average Bonchev–Trinajstić information content (AvgIpc) is 2.23. The Kier molecular flexibility index (Phi) is 4.45. The van der Waals surface area contributed by atoms with Crippen LogP contribution in [-0.4, -0.2) is 18.3 Å². The van der Waals surface area contributed by atoms with Crippen LogP contribution >= 0.6 is 23.2 Å². The largest absolute Gasteiger partial charge is 0.491 e. The molecule has 0 aromatic heterocycles. The number of ether oxygens (including phenoxy) is 1. The van der Waals surface area contributed by atoms with Gasteiger partial charge in [0.05, 0.1) is 16.7 Å². The SMILES string of the molecule is C=Cc1c(OCCO)cc(Cl)c(Cl)c1C. The summed E-state index contributed by atoms with van der Waals surface area (Å²) in [7, 11) is 0. The number of aliphatic hydroxyl groups is 1. The average molecular weight is 247 g/mol. The molecule has 1 N–H and O–H groups in total. The van der Waals surface area contributed by atoms with E-state index in [-0.39, 0.29) is 13.2 Å². The highest BCUT2D eigenvalue weighted by Gasteiger charge is 2.11. The van der Waals surface area contributed by atoms with Crippen LogP contribution in [0.5, 0.6) is 5.75 Å². The van der Waals surface area contributed by atoms with Crippen LogP contribution in [0.2, 0.25) is 10.0 Å². The quantitative estimate of drug-likeness (QED) is 0.884. The van der Waals surface area contributed by atoms with Gasteiger partial charge in [0.15, 0.2) is 0 Å². The molecule has 4 heteroatoms. The van der Waals surface area contributed by atoms with Gasteiger partial charge >= 0.3 is 0 Å². The molecule has 0 heterocycles. The molecule has 0 aliphatic carbocycles. The molecule has 0 spiro atoms. The molecule has 0 aliphatic heterocycles. The molecule has 0 fully saturated rings. The first-order valence-electron chi connectivity index (χ1n) is 4.46. The van der Waals surface area contributed by atoms with Crippen molar-refractivity contribution in [3.63, 3.8) is 0 Å². The fourth-order valence-corrected chi connectivity index (χ4v) is 1.66. The van der Waals surface area contributed by atoms with Gasteiger partial charge < -0.3 is 9.84 Å². The summed E-state index contributed by atoms with van der Waals surface area (Å²) in [6, 6.07) is 1.63. The normalized spacial score (nSPS) is 10.1. The highest BCUT2D eigenvalue weighted by Crippen LogP contribution is 2.35. The van der Waals surface area contributed by atoms with E-state index in [2.05, 4.69) is 6.58 Å². The summed E-state index contributed by atoms with van der Waals surface area (Å²) in [5.41, 5.74) is 1.63. The minimum absolute atomic E-state index is 0.0458. The van der Waals surface area contributed by atoms with Gasteiger partial charge in [-0.15, -0.1) is 0 Å². The molecule has 1 rings (SSSR count). The maximum absolute atomic E-state index is 8.67. The van der Waals surface area contributed by atoms with Crippen molar-refractivity contribution in [2.75, 3.05) is 13.2 Å². The summed E-state index contributed by atoms with van der Waals surface area (Å²) in [6.07, 6.45) is 1.66. The molecule has 2 nitrogen and oxygen atoms in total. The highest BCUT2D eigenvalue weighted by atomic mass is 35.5. The molecule has 1 aromatic rings. The number of benzene rings is 1. The number of hydrogen-bond donors (Lipinski definition) is 1. The Balaban J connectivity index is 3.19. The first-order valence-corrected chi connectivity index (χ1v) is 5.22. The van der Waals surface area contributed by atoms with Crippen molar-refractivity contribution in [1.29, 1.82) is 0 Å². The summed E-state index contributed by atoms with van der Waals surface area (Å²) in [5.74, 6) is 0.589. The summed E-state index contributed by atoms with van der Waals surface area (Å²) in [4.78, 5) is 0. The second-order valence-corrected chi connectivity index (χ2v) is 3.77. The lowest BCUT2D eigenvalue weighted by molar-refractivity contribution is 0.201. The molecule has 0 amide bonds. The lowest BCUT2D eigenvalue weighted by atomic mass is 10.1. The third-order valence-electron chi connectivity index (χ3n) is 2.02. The van der Waals surface area contributed by atoms with Gasteiger partial charge in [-0.25, -0.2) is 0 Å². The lowest BCUT2D eigenvalue weighted by Gasteiger charge is -2.12. The molecule has 0 atom stereocenters. The zero-order valence-corrected chi connectivity index (χ0v) is 9.90. The van der Waals surface area contributed by atoms with Crippen molar-refractivity contribution in [2.24, 2.45) is 0 Å².